The zero-order valence-corrected chi connectivity index (χ0v) is 10.3. The summed E-state index contributed by atoms with van der Waals surface area (Å²) in [4.78, 5) is 0.284. The van der Waals surface area contributed by atoms with E-state index >= 15 is 0 Å². The molecule has 1 heterocycles. The van der Waals surface area contributed by atoms with Crippen LogP contribution in [0, 0.1) is 6.92 Å². The Morgan fingerprint density at radius 3 is 2.38 bits per heavy atom. The number of anilines is 1. The van der Waals surface area contributed by atoms with Crippen molar-refractivity contribution in [3.63, 3.8) is 0 Å². The van der Waals surface area contributed by atoms with Crippen molar-refractivity contribution in [3.8, 4) is 0 Å². The summed E-state index contributed by atoms with van der Waals surface area (Å²) in [6.45, 7) is 1.92. The molecule has 2 aromatic rings. The van der Waals surface area contributed by atoms with Crippen LogP contribution in [0.3, 0.4) is 0 Å². The van der Waals surface area contributed by atoms with Gasteiger partial charge in [0.05, 0.1) is 4.90 Å². The third-order valence-electron chi connectivity index (χ3n) is 2.09. The quantitative estimate of drug-likeness (QED) is 0.914. The van der Waals surface area contributed by atoms with Gasteiger partial charge < -0.3 is 0 Å². The third kappa shape index (κ3) is 2.43. The zero-order valence-electron chi connectivity index (χ0n) is 8.67. The molecule has 1 aromatic carbocycles. The van der Waals surface area contributed by atoms with Gasteiger partial charge >= 0.3 is 0 Å². The van der Waals surface area contributed by atoms with Crippen LogP contribution in [0.5, 0.6) is 0 Å². The van der Waals surface area contributed by atoms with Crippen LogP contribution in [-0.4, -0.2) is 8.42 Å². The summed E-state index contributed by atoms with van der Waals surface area (Å²) in [5.74, 6) is 0. The molecule has 0 atom stereocenters. The number of nitrogens with one attached hydrogen (secondary N) is 1. The van der Waals surface area contributed by atoms with Gasteiger partial charge in [0, 0.05) is 0 Å². The molecule has 0 unspecified atom stereocenters. The highest BCUT2D eigenvalue weighted by atomic mass is 32.2. The number of thiophene rings is 1. The minimum Gasteiger partial charge on any atom is -0.270 e. The third-order valence-corrected chi connectivity index (χ3v) is 4.38. The fourth-order valence-electron chi connectivity index (χ4n) is 1.25. The Balaban J connectivity index is 2.29. The topological polar surface area (TPSA) is 46.2 Å². The second-order valence-corrected chi connectivity index (χ2v) is 6.03. The van der Waals surface area contributed by atoms with Gasteiger partial charge in [-0.25, -0.2) is 8.42 Å². The van der Waals surface area contributed by atoms with Crippen LogP contribution in [-0.2, 0) is 10.0 Å². The summed E-state index contributed by atoms with van der Waals surface area (Å²) in [6.07, 6.45) is 0. The van der Waals surface area contributed by atoms with Crippen LogP contribution in [0.2, 0.25) is 0 Å². The Bertz CT molecular complexity index is 557. The van der Waals surface area contributed by atoms with E-state index in [0.717, 1.165) is 5.56 Å². The monoisotopic (exact) mass is 253 g/mol. The smallest absolute Gasteiger partial charge is 0.262 e. The van der Waals surface area contributed by atoms with Crippen molar-refractivity contribution >= 4 is 26.4 Å². The van der Waals surface area contributed by atoms with Gasteiger partial charge in [0.1, 0.15) is 5.00 Å². The molecule has 0 amide bonds. The van der Waals surface area contributed by atoms with Gasteiger partial charge in [-0.2, -0.15) is 0 Å². The molecule has 2 rings (SSSR count). The van der Waals surface area contributed by atoms with Crippen molar-refractivity contribution in [2.75, 3.05) is 4.72 Å². The maximum atomic E-state index is 11.9. The fourth-order valence-corrected chi connectivity index (χ4v) is 3.17. The van der Waals surface area contributed by atoms with Crippen LogP contribution < -0.4 is 4.72 Å². The van der Waals surface area contributed by atoms with Crippen LogP contribution in [0.15, 0.2) is 46.7 Å². The molecular formula is C11H11NO2S2. The first-order valence-electron chi connectivity index (χ1n) is 4.71. The minimum absolute atomic E-state index is 0.284. The predicted octanol–water partition coefficient (Wildman–Crippen LogP) is 2.86. The Kier molecular flexibility index (Phi) is 2.98. The van der Waals surface area contributed by atoms with Crippen molar-refractivity contribution in [2.24, 2.45) is 0 Å². The van der Waals surface area contributed by atoms with Crippen molar-refractivity contribution in [1.29, 1.82) is 0 Å². The molecule has 0 radical (unpaired) electrons. The van der Waals surface area contributed by atoms with Gasteiger partial charge in [0.25, 0.3) is 10.0 Å². The SMILES string of the molecule is Cc1ccc(S(=O)(=O)Nc2cccs2)cc1. The van der Waals surface area contributed by atoms with Crippen LogP contribution >= 0.6 is 11.3 Å². The van der Waals surface area contributed by atoms with E-state index in [4.69, 9.17) is 0 Å². The van der Waals surface area contributed by atoms with E-state index in [1.807, 2.05) is 12.3 Å². The summed E-state index contributed by atoms with van der Waals surface area (Å²) >= 11 is 1.36. The normalized spacial score (nSPS) is 11.3. The average Bonchev–Trinajstić information content (AvgIpc) is 2.70. The van der Waals surface area contributed by atoms with E-state index in [-0.39, 0.29) is 4.90 Å². The standard InChI is InChI=1S/C11H11NO2S2/c1-9-4-6-10(7-5-9)16(13,14)12-11-3-2-8-15-11/h2-8,12H,1H3. The van der Waals surface area contributed by atoms with Gasteiger partial charge in [-0.1, -0.05) is 17.7 Å². The second kappa shape index (κ2) is 4.27. The lowest BCUT2D eigenvalue weighted by atomic mass is 10.2. The maximum Gasteiger partial charge on any atom is 0.262 e. The van der Waals surface area contributed by atoms with Crippen LogP contribution in [0.1, 0.15) is 5.56 Å². The number of hydrogen-bond acceptors (Lipinski definition) is 3. The molecular weight excluding hydrogens is 242 g/mol. The minimum atomic E-state index is -3.44. The van der Waals surface area contributed by atoms with E-state index in [2.05, 4.69) is 4.72 Å². The van der Waals surface area contributed by atoms with E-state index in [0.29, 0.717) is 5.00 Å². The molecule has 0 aliphatic carbocycles. The second-order valence-electron chi connectivity index (χ2n) is 3.40. The number of sulfonamides is 1. The largest absolute Gasteiger partial charge is 0.270 e. The molecule has 0 aliphatic rings. The lowest BCUT2D eigenvalue weighted by Crippen LogP contribution is -2.11. The number of hydrogen-bond donors (Lipinski definition) is 1. The van der Waals surface area contributed by atoms with Crippen molar-refractivity contribution in [2.45, 2.75) is 11.8 Å². The van der Waals surface area contributed by atoms with Crippen LogP contribution in [0.25, 0.3) is 0 Å². The first kappa shape index (κ1) is 11.2. The van der Waals surface area contributed by atoms with Crippen molar-refractivity contribution in [1.82, 2.24) is 0 Å². The van der Waals surface area contributed by atoms with E-state index in [9.17, 15) is 8.42 Å². The molecule has 0 bridgehead atoms. The molecule has 0 saturated carbocycles. The van der Waals surface area contributed by atoms with Crippen molar-refractivity contribution in [3.05, 3.63) is 47.3 Å². The van der Waals surface area contributed by atoms with Gasteiger partial charge in [-0.15, -0.1) is 11.3 Å². The van der Waals surface area contributed by atoms with Gasteiger partial charge in [0.2, 0.25) is 0 Å². The maximum absolute atomic E-state index is 11.9. The Morgan fingerprint density at radius 1 is 1.12 bits per heavy atom. The highest BCUT2D eigenvalue weighted by molar-refractivity contribution is 7.93. The molecule has 1 aromatic heterocycles. The molecule has 5 heteroatoms. The van der Waals surface area contributed by atoms with Crippen molar-refractivity contribution < 1.29 is 8.42 Å². The average molecular weight is 253 g/mol. The first-order chi connectivity index (χ1) is 7.58. The van der Waals surface area contributed by atoms with E-state index < -0.39 is 10.0 Å². The predicted molar refractivity (Wildman–Crippen MR) is 66.3 cm³/mol. The molecule has 84 valence electrons. The van der Waals surface area contributed by atoms with Gasteiger partial charge in [0.15, 0.2) is 0 Å². The Labute approximate surface area is 98.8 Å². The molecule has 16 heavy (non-hydrogen) atoms. The molecule has 0 saturated heterocycles. The lowest BCUT2D eigenvalue weighted by Gasteiger charge is -2.05. The summed E-state index contributed by atoms with van der Waals surface area (Å²) < 4.78 is 26.3. The highest BCUT2D eigenvalue weighted by Gasteiger charge is 2.13. The summed E-state index contributed by atoms with van der Waals surface area (Å²) in [5, 5.41) is 2.45. The Hall–Kier alpha value is -1.33. The first-order valence-corrected chi connectivity index (χ1v) is 7.07. The van der Waals surface area contributed by atoms with E-state index in [1.165, 1.54) is 11.3 Å². The molecule has 0 fully saturated rings. The Morgan fingerprint density at radius 2 is 1.81 bits per heavy atom. The number of benzene rings is 1. The van der Waals surface area contributed by atoms with Gasteiger partial charge in [-0.05, 0) is 36.6 Å². The fraction of sp³-hybridized carbons (Fsp3) is 0.0909. The summed E-state index contributed by atoms with van der Waals surface area (Å²) in [7, 11) is -3.44. The highest BCUT2D eigenvalue weighted by Crippen LogP contribution is 2.20. The van der Waals surface area contributed by atoms with Crippen LogP contribution in [0.4, 0.5) is 5.00 Å². The number of rotatable bonds is 3. The summed E-state index contributed by atoms with van der Waals surface area (Å²) in [5.41, 5.74) is 1.04. The molecule has 0 spiro atoms. The number of aryl methyl sites for hydroxylation is 1. The molecule has 0 aliphatic heterocycles. The lowest BCUT2D eigenvalue weighted by molar-refractivity contribution is 0.601. The summed E-state index contributed by atoms with van der Waals surface area (Å²) in [6, 6.07) is 10.3. The zero-order chi connectivity index (χ0) is 11.6. The molecule has 1 N–H and O–H groups in total. The van der Waals surface area contributed by atoms with E-state index in [1.54, 1.807) is 36.4 Å². The van der Waals surface area contributed by atoms with Gasteiger partial charge in [-0.3, -0.25) is 4.72 Å². The molecule has 3 nitrogen and oxygen atoms in total.